The molecule has 0 heterocycles. The van der Waals surface area contributed by atoms with Gasteiger partial charge in [-0.15, -0.1) is 0 Å². The van der Waals surface area contributed by atoms with E-state index in [1.54, 1.807) is 24.3 Å². The fourth-order valence-corrected chi connectivity index (χ4v) is 4.80. The molecule has 3 aromatic rings. The van der Waals surface area contributed by atoms with Crippen LogP contribution in [0.15, 0.2) is 47.4 Å². The van der Waals surface area contributed by atoms with E-state index >= 15 is 0 Å². The summed E-state index contributed by atoms with van der Waals surface area (Å²) in [5.74, 6) is 0.632. The Balaban J connectivity index is 1.99. The number of hydrogen-bond acceptors (Lipinski definition) is 7. The molecule has 3 aromatic carbocycles. The Morgan fingerprint density at radius 2 is 1.31 bits per heavy atom. The maximum atomic E-state index is 14.8. The summed E-state index contributed by atoms with van der Waals surface area (Å²) in [5, 5.41) is 0.112. The third kappa shape index (κ3) is 5.77. The average Bonchev–Trinajstić information content (AvgIpc) is 2.86. The quantitative estimate of drug-likeness (QED) is 0.342. The van der Waals surface area contributed by atoms with E-state index in [0.717, 1.165) is 0 Å². The van der Waals surface area contributed by atoms with E-state index in [2.05, 4.69) is 4.72 Å². The van der Waals surface area contributed by atoms with Gasteiger partial charge in [0, 0.05) is 0 Å². The number of sulfonamides is 1. The molecule has 0 spiro atoms. The van der Waals surface area contributed by atoms with Gasteiger partial charge >= 0.3 is 0 Å². The highest BCUT2D eigenvalue weighted by atomic mass is 35.5. The van der Waals surface area contributed by atoms with Crippen LogP contribution in [0.25, 0.3) is 12.2 Å². The SMILES string of the molecule is COc1ccc(S(=O)(=O)Nc2cc(/C=C\c3cc(OC)c(OC)c(OC)c3)cc(F)c2OC)cc1Cl. The van der Waals surface area contributed by atoms with Crippen molar-refractivity contribution in [3.8, 4) is 28.7 Å². The van der Waals surface area contributed by atoms with Gasteiger partial charge in [0.05, 0.1) is 51.2 Å². The van der Waals surface area contributed by atoms with Gasteiger partial charge in [-0.05, 0) is 53.6 Å². The van der Waals surface area contributed by atoms with Gasteiger partial charge in [0.2, 0.25) is 5.75 Å². The molecule has 1 N–H and O–H groups in total. The summed E-state index contributed by atoms with van der Waals surface area (Å²) in [4.78, 5) is -0.130. The number of hydrogen-bond donors (Lipinski definition) is 1. The number of nitrogens with one attached hydrogen (secondary N) is 1. The first-order chi connectivity index (χ1) is 17.2. The van der Waals surface area contributed by atoms with Crippen LogP contribution in [0.2, 0.25) is 5.02 Å². The molecule has 0 amide bonds. The zero-order chi connectivity index (χ0) is 26.5. The number of benzene rings is 3. The lowest BCUT2D eigenvalue weighted by molar-refractivity contribution is 0.324. The van der Waals surface area contributed by atoms with Crippen molar-refractivity contribution < 1.29 is 36.5 Å². The molecule has 192 valence electrons. The topological polar surface area (TPSA) is 92.3 Å². The highest BCUT2D eigenvalue weighted by molar-refractivity contribution is 7.92. The molecule has 36 heavy (non-hydrogen) atoms. The van der Waals surface area contributed by atoms with Gasteiger partial charge in [-0.3, -0.25) is 4.72 Å². The van der Waals surface area contributed by atoms with Crippen LogP contribution in [0.4, 0.5) is 10.1 Å². The summed E-state index contributed by atoms with van der Waals surface area (Å²) in [6, 6.07) is 10.1. The fraction of sp³-hybridized carbons (Fsp3) is 0.200. The lowest BCUT2D eigenvalue weighted by atomic mass is 10.1. The molecular weight excluding hydrogens is 513 g/mol. The fourth-order valence-electron chi connectivity index (χ4n) is 3.40. The van der Waals surface area contributed by atoms with Crippen LogP contribution < -0.4 is 28.4 Å². The van der Waals surface area contributed by atoms with Gasteiger partial charge in [0.1, 0.15) is 5.75 Å². The third-order valence-electron chi connectivity index (χ3n) is 5.10. The van der Waals surface area contributed by atoms with Crippen molar-refractivity contribution in [2.45, 2.75) is 4.90 Å². The lowest BCUT2D eigenvalue weighted by Crippen LogP contribution is -2.14. The Bertz CT molecular complexity index is 1370. The van der Waals surface area contributed by atoms with Crippen molar-refractivity contribution in [3.63, 3.8) is 0 Å². The summed E-state index contributed by atoms with van der Waals surface area (Å²) in [5.41, 5.74) is 0.956. The summed E-state index contributed by atoms with van der Waals surface area (Å²) >= 11 is 6.07. The molecular formula is C25H25ClFNO7S. The van der Waals surface area contributed by atoms with Crippen LogP contribution in [0.5, 0.6) is 28.7 Å². The second-order valence-corrected chi connectivity index (χ2v) is 9.37. The highest BCUT2D eigenvalue weighted by Gasteiger charge is 2.21. The lowest BCUT2D eigenvalue weighted by Gasteiger charge is -2.14. The Morgan fingerprint density at radius 3 is 1.81 bits per heavy atom. The second-order valence-electron chi connectivity index (χ2n) is 7.28. The van der Waals surface area contributed by atoms with Crippen molar-refractivity contribution >= 4 is 39.5 Å². The molecule has 0 saturated heterocycles. The Kier molecular flexibility index (Phi) is 8.54. The van der Waals surface area contributed by atoms with Crippen molar-refractivity contribution in [1.29, 1.82) is 0 Å². The Morgan fingerprint density at radius 1 is 0.750 bits per heavy atom. The van der Waals surface area contributed by atoms with Crippen molar-refractivity contribution in [2.75, 3.05) is 40.3 Å². The van der Waals surface area contributed by atoms with Crippen LogP contribution in [-0.2, 0) is 10.0 Å². The molecule has 0 aromatic heterocycles. The average molecular weight is 538 g/mol. The smallest absolute Gasteiger partial charge is 0.262 e. The van der Waals surface area contributed by atoms with Gasteiger partial charge in [-0.1, -0.05) is 23.8 Å². The molecule has 11 heteroatoms. The van der Waals surface area contributed by atoms with Crippen LogP contribution in [0, 0.1) is 5.82 Å². The molecule has 0 aliphatic heterocycles. The minimum atomic E-state index is -4.13. The minimum Gasteiger partial charge on any atom is -0.495 e. The number of methoxy groups -OCH3 is 5. The van der Waals surface area contributed by atoms with E-state index in [1.807, 2.05) is 0 Å². The number of ether oxygens (including phenoxy) is 5. The monoisotopic (exact) mass is 537 g/mol. The van der Waals surface area contributed by atoms with Gasteiger partial charge in [-0.25, -0.2) is 12.8 Å². The van der Waals surface area contributed by atoms with Crippen molar-refractivity contribution in [1.82, 2.24) is 0 Å². The maximum Gasteiger partial charge on any atom is 0.262 e. The van der Waals surface area contributed by atoms with Crippen LogP contribution in [0.1, 0.15) is 11.1 Å². The summed E-state index contributed by atoms with van der Waals surface area (Å²) in [7, 11) is 3.02. The molecule has 0 atom stereocenters. The first-order valence-electron chi connectivity index (χ1n) is 10.4. The van der Waals surface area contributed by atoms with E-state index in [-0.39, 0.29) is 21.4 Å². The van der Waals surface area contributed by atoms with Gasteiger partial charge < -0.3 is 23.7 Å². The van der Waals surface area contributed by atoms with Crippen molar-refractivity contribution in [3.05, 3.63) is 64.4 Å². The van der Waals surface area contributed by atoms with Crippen molar-refractivity contribution in [2.24, 2.45) is 0 Å². The Labute approximate surface area is 214 Å². The molecule has 0 saturated carbocycles. The zero-order valence-electron chi connectivity index (χ0n) is 20.2. The molecule has 0 aliphatic carbocycles. The van der Waals surface area contributed by atoms with Gasteiger partial charge in [-0.2, -0.15) is 0 Å². The second kappa shape index (κ2) is 11.4. The Hall–Kier alpha value is -3.63. The number of halogens is 2. The predicted molar refractivity (Wildman–Crippen MR) is 137 cm³/mol. The van der Waals surface area contributed by atoms with Gasteiger partial charge in [0.15, 0.2) is 23.1 Å². The predicted octanol–water partition coefficient (Wildman–Crippen LogP) is 5.49. The highest BCUT2D eigenvalue weighted by Crippen LogP contribution is 2.39. The van der Waals surface area contributed by atoms with Crippen LogP contribution >= 0.6 is 11.6 Å². The van der Waals surface area contributed by atoms with Crippen LogP contribution in [0.3, 0.4) is 0 Å². The van der Waals surface area contributed by atoms with E-state index in [0.29, 0.717) is 34.1 Å². The summed E-state index contributed by atoms with van der Waals surface area (Å²) in [6.07, 6.45) is 3.29. The zero-order valence-corrected chi connectivity index (χ0v) is 21.8. The van der Waals surface area contributed by atoms with E-state index in [1.165, 1.54) is 65.9 Å². The largest absolute Gasteiger partial charge is 0.495 e. The third-order valence-corrected chi connectivity index (χ3v) is 6.76. The standard InChI is InChI=1S/C25H25ClFNO7S/c1-31-21-9-8-17(14-18(21)26)36(29,30)28-20-11-15(10-19(27)24(20)34-4)6-7-16-12-22(32-2)25(35-5)23(13-16)33-3/h6-14,28H,1-5H3/b7-6-. The molecule has 0 fully saturated rings. The van der Waals surface area contributed by atoms with Gasteiger partial charge in [0.25, 0.3) is 10.0 Å². The van der Waals surface area contributed by atoms with Crippen LogP contribution in [-0.4, -0.2) is 44.0 Å². The molecule has 8 nitrogen and oxygen atoms in total. The van der Waals surface area contributed by atoms with E-state index < -0.39 is 15.8 Å². The molecule has 0 aliphatic rings. The van der Waals surface area contributed by atoms with E-state index in [9.17, 15) is 12.8 Å². The molecule has 3 rings (SSSR count). The summed E-state index contributed by atoms with van der Waals surface area (Å²) < 4.78 is 69.3. The molecule has 0 radical (unpaired) electrons. The molecule has 0 unspecified atom stereocenters. The van der Waals surface area contributed by atoms with E-state index in [4.69, 9.17) is 35.3 Å². The minimum absolute atomic E-state index is 0.0889. The summed E-state index contributed by atoms with van der Waals surface area (Å²) in [6.45, 7) is 0. The first kappa shape index (κ1) is 27.0. The molecule has 0 bridgehead atoms. The number of anilines is 1. The normalized spacial score (nSPS) is 11.3. The first-order valence-corrected chi connectivity index (χ1v) is 12.3. The maximum absolute atomic E-state index is 14.8. The number of rotatable bonds is 10.